The zero-order valence-electron chi connectivity index (χ0n) is 10.7. The van der Waals surface area contributed by atoms with Crippen LogP contribution in [-0.4, -0.2) is 38.9 Å². The van der Waals surface area contributed by atoms with Gasteiger partial charge in [0.1, 0.15) is 18.5 Å². The molecule has 2 aromatic rings. The van der Waals surface area contributed by atoms with Crippen LogP contribution in [0.3, 0.4) is 0 Å². The molecule has 1 unspecified atom stereocenters. The Balaban J connectivity index is 2.20. The van der Waals surface area contributed by atoms with Gasteiger partial charge < -0.3 is 10.1 Å². The summed E-state index contributed by atoms with van der Waals surface area (Å²) >= 11 is 0. The third-order valence-electron chi connectivity index (χ3n) is 2.77. The molecule has 7 nitrogen and oxygen atoms in total. The lowest BCUT2D eigenvalue weighted by Crippen LogP contribution is -2.21. The zero-order chi connectivity index (χ0) is 13.0. The molecule has 1 N–H and O–H groups in total. The lowest BCUT2D eigenvalue weighted by atomic mass is 10.1. The standard InChI is InChI=1S/C11H16N6O/c1-12-8(4-10-14-7-16-17(10)2)9-5-11(18-3)15-6-13-9/h5-8,12H,4H2,1-3H3. The van der Waals surface area contributed by atoms with Crippen LogP contribution in [0.5, 0.6) is 5.88 Å². The average Bonchev–Trinajstić information content (AvgIpc) is 2.81. The van der Waals surface area contributed by atoms with Crippen molar-refractivity contribution in [1.82, 2.24) is 30.0 Å². The van der Waals surface area contributed by atoms with Crippen LogP contribution in [0.2, 0.25) is 0 Å². The summed E-state index contributed by atoms with van der Waals surface area (Å²) in [5, 5.41) is 7.26. The van der Waals surface area contributed by atoms with Crippen molar-refractivity contribution in [1.29, 1.82) is 0 Å². The van der Waals surface area contributed by atoms with Gasteiger partial charge in [-0.3, -0.25) is 4.68 Å². The molecule has 2 rings (SSSR count). The second-order valence-electron chi connectivity index (χ2n) is 3.83. The second kappa shape index (κ2) is 5.54. The number of nitrogens with one attached hydrogen (secondary N) is 1. The van der Waals surface area contributed by atoms with Crippen LogP contribution in [-0.2, 0) is 13.5 Å². The summed E-state index contributed by atoms with van der Waals surface area (Å²) in [6.45, 7) is 0. The number of hydrogen-bond donors (Lipinski definition) is 1. The molecule has 0 amide bonds. The van der Waals surface area contributed by atoms with E-state index in [1.54, 1.807) is 18.1 Å². The fourth-order valence-corrected chi connectivity index (χ4v) is 1.70. The van der Waals surface area contributed by atoms with Gasteiger partial charge in [0.25, 0.3) is 0 Å². The van der Waals surface area contributed by atoms with Crippen molar-refractivity contribution in [2.75, 3.05) is 14.2 Å². The van der Waals surface area contributed by atoms with Gasteiger partial charge in [0, 0.05) is 19.5 Å². The number of methoxy groups -OCH3 is 1. The zero-order valence-corrected chi connectivity index (χ0v) is 10.7. The minimum atomic E-state index is 0.0461. The normalized spacial score (nSPS) is 12.4. The van der Waals surface area contributed by atoms with Crippen LogP contribution in [0.1, 0.15) is 17.6 Å². The minimum absolute atomic E-state index is 0.0461. The van der Waals surface area contributed by atoms with E-state index in [0.717, 1.165) is 11.5 Å². The maximum atomic E-state index is 5.10. The first-order chi connectivity index (χ1) is 8.74. The molecule has 0 fully saturated rings. The summed E-state index contributed by atoms with van der Waals surface area (Å²) in [5.41, 5.74) is 0.868. The maximum Gasteiger partial charge on any atom is 0.216 e. The molecule has 7 heteroatoms. The smallest absolute Gasteiger partial charge is 0.216 e. The quantitative estimate of drug-likeness (QED) is 0.809. The summed E-state index contributed by atoms with van der Waals surface area (Å²) in [5.74, 6) is 1.45. The number of hydrogen-bond acceptors (Lipinski definition) is 6. The van der Waals surface area contributed by atoms with E-state index >= 15 is 0 Å². The fraction of sp³-hybridized carbons (Fsp3) is 0.455. The maximum absolute atomic E-state index is 5.10. The van der Waals surface area contributed by atoms with E-state index < -0.39 is 0 Å². The molecule has 0 radical (unpaired) electrons. The Morgan fingerprint density at radius 1 is 1.33 bits per heavy atom. The van der Waals surface area contributed by atoms with Crippen molar-refractivity contribution in [2.45, 2.75) is 12.5 Å². The number of rotatable bonds is 5. The highest BCUT2D eigenvalue weighted by atomic mass is 16.5. The van der Waals surface area contributed by atoms with Crippen molar-refractivity contribution in [3.05, 3.63) is 30.2 Å². The first-order valence-corrected chi connectivity index (χ1v) is 5.60. The largest absolute Gasteiger partial charge is 0.481 e. The highest BCUT2D eigenvalue weighted by molar-refractivity contribution is 5.17. The number of aryl methyl sites for hydroxylation is 1. The van der Waals surface area contributed by atoms with Crippen LogP contribution in [0.25, 0.3) is 0 Å². The summed E-state index contributed by atoms with van der Waals surface area (Å²) in [4.78, 5) is 12.5. The van der Waals surface area contributed by atoms with E-state index in [2.05, 4.69) is 25.4 Å². The Morgan fingerprint density at radius 2 is 2.17 bits per heavy atom. The number of aromatic nitrogens is 5. The Hall–Kier alpha value is -2.02. The van der Waals surface area contributed by atoms with E-state index in [0.29, 0.717) is 12.3 Å². The molecule has 0 bridgehead atoms. The van der Waals surface area contributed by atoms with Crippen molar-refractivity contribution >= 4 is 0 Å². The topological polar surface area (TPSA) is 77.8 Å². The lowest BCUT2D eigenvalue weighted by molar-refractivity contribution is 0.394. The molecular formula is C11H16N6O. The van der Waals surface area contributed by atoms with Gasteiger partial charge in [0.15, 0.2) is 0 Å². The molecule has 2 aromatic heterocycles. The number of ether oxygens (including phenoxy) is 1. The Kier molecular flexibility index (Phi) is 3.83. The first-order valence-electron chi connectivity index (χ1n) is 5.60. The molecular weight excluding hydrogens is 232 g/mol. The van der Waals surface area contributed by atoms with E-state index in [4.69, 9.17) is 4.74 Å². The minimum Gasteiger partial charge on any atom is -0.481 e. The lowest BCUT2D eigenvalue weighted by Gasteiger charge is -2.15. The van der Waals surface area contributed by atoms with Gasteiger partial charge in [-0.1, -0.05) is 0 Å². The van der Waals surface area contributed by atoms with E-state index in [1.165, 1.54) is 6.33 Å². The van der Waals surface area contributed by atoms with Gasteiger partial charge in [-0.05, 0) is 7.05 Å². The fourth-order valence-electron chi connectivity index (χ4n) is 1.70. The van der Waals surface area contributed by atoms with E-state index in [-0.39, 0.29) is 6.04 Å². The average molecular weight is 248 g/mol. The predicted molar refractivity (Wildman–Crippen MR) is 65.1 cm³/mol. The predicted octanol–water partition coefficient (Wildman–Crippen LogP) is 0.117. The van der Waals surface area contributed by atoms with Crippen molar-refractivity contribution < 1.29 is 4.74 Å². The van der Waals surface area contributed by atoms with Gasteiger partial charge >= 0.3 is 0 Å². The van der Waals surface area contributed by atoms with Crippen LogP contribution >= 0.6 is 0 Å². The molecule has 0 aliphatic rings. The van der Waals surface area contributed by atoms with Gasteiger partial charge in [-0.15, -0.1) is 0 Å². The molecule has 0 aliphatic carbocycles. The van der Waals surface area contributed by atoms with Crippen LogP contribution in [0.4, 0.5) is 0 Å². The Labute approximate surface area is 105 Å². The van der Waals surface area contributed by atoms with E-state index in [9.17, 15) is 0 Å². The Bertz CT molecular complexity index is 512. The Morgan fingerprint density at radius 3 is 2.78 bits per heavy atom. The molecule has 18 heavy (non-hydrogen) atoms. The molecule has 1 atom stereocenters. The molecule has 0 aromatic carbocycles. The monoisotopic (exact) mass is 248 g/mol. The van der Waals surface area contributed by atoms with Crippen LogP contribution in [0.15, 0.2) is 18.7 Å². The number of likely N-dealkylation sites (N-methyl/N-ethyl adjacent to an activating group) is 1. The van der Waals surface area contributed by atoms with Crippen LogP contribution in [0, 0.1) is 0 Å². The van der Waals surface area contributed by atoms with Crippen LogP contribution < -0.4 is 10.1 Å². The molecule has 0 saturated carbocycles. The summed E-state index contributed by atoms with van der Waals surface area (Å²) in [6.07, 6.45) is 3.74. The van der Waals surface area contributed by atoms with Crippen molar-refractivity contribution in [2.24, 2.45) is 7.05 Å². The highest BCUT2D eigenvalue weighted by Crippen LogP contribution is 2.17. The third kappa shape index (κ3) is 2.62. The molecule has 2 heterocycles. The van der Waals surface area contributed by atoms with Crippen molar-refractivity contribution in [3.8, 4) is 5.88 Å². The second-order valence-corrected chi connectivity index (χ2v) is 3.83. The molecule has 0 spiro atoms. The van der Waals surface area contributed by atoms with Gasteiger partial charge in [0.2, 0.25) is 5.88 Å². The van der Waals surface area contributed by atoms with E-state index in [1.807, 2.05) is 20.2 Å². The van der Waals surface area contributed by atoms with Gasteiger partial charge in [-0.25, -0.2) is 15.0 Å². The van der Waals surface area contributed by atoms with Gasteiger partial charge in [-0.2, -0.15) is 5.10 Å². The molecule has 96 valence electrons. The summed E-state index contributed by atoms with van der Waals surface area (Å²) < 4.78 is 6.85. The molecule has 0 saturated heterocycles. The first kappa shape index (κ1) is 12.4. The highest BCUT2D eigenvalue weighted by Gasteiger charge is 2.15. The number of nitrogens with zero attached hydrogens (tertiary/aromatic N) is 5. The van der Waals surface area contributed by atoms with Gasteiger partial charge in [0.05, 0.1) is 18.8 Å². The summed E-state index contributed by atoms with van der Waals surface area (Å²) in [7, 11) is 5.34. The van der Waals surface area contributed by atoms with Crippen molar-refractivity contribution in [3.63, 3.8) is 0 Å². The summed E-state index contributed by atoms with van der Waals surface area (Å²) in [6, 6.07) is 1.86. The third-order valence-corrected chi connectivity index (χ3v) is 2.77. The molecule has 0 aliphatic heterocycles. The SMILES string of the molecule is CNC(Cc1ncnn1C)c1cc(OC)ncn1.